The Morgan fingerprint density at radius 2 is 1.97 bits per heavy atom. The fourth-order valence-electron chi connectivity index (χ4n) is 3.97. The predicted octanol–water partition coefficient (Wildman–Crippen LogP) is 3.13. The van der Waals surface area contributed by atoms with E-state index < -0.39 is 23.3 Å². The lowest BCUT2D eigenvalue weighted by Gasteiger charge is -2.42. The number of halogens is 3. The van der Waals surface area contributed by atoms with Crippen molar-refractivity contribution in [1.29, 1.82) is 0 Å². The third kappa shape index (κ3) is 3.70. The van der Waals surface area contributed by atoms with E-state index in [0.29, 0.717) is 24.2 Å². The molecule has 0 bridgehead atoms. The number of aliphatic hydroxyl groups is 2. The summed E-state index contributed by atoms with van der Waals surface area (Å²) >= 11 is 5.66. The molecular formula is C21H20ClF2NO4. The Kier molecular flexibility index (Phi) is 5.23. The van der Waals surface area contributed by atoms with Crippen LogP contribution < -0.4 is 9.64 Å². The molecule has 0 radical (unpaired) electrons. The number of aliphatic hydroxyl groups excluding tert-OH is 1. The van der Waals surface area contributed by atoms with Crippen molar-refractivity contribution < 1.29 is 28.5 Å². The Morgan fingerprint density at radius 1 is 1.24 bits per heavy atom. The number of nitrogens with zero attached hydrogens (tertiary/aromatic N) is 1. The molecule has 1 aliphatic heterocycles. The minimum Gasteiger partial charge on any atom is -0.490 e. The van der Waals surface area contributed by atoms with Crippen molar-refractivity contribution in [2.75, 3.05) is 24.6 Å². The van der Waals surface area contributed by atoms with Gasteiger partial charge in [0.1, 0.15) is 29.7 Å². The van der Waals surface area contributed by atoms with E-state index in [1.54, 1.807) is 18.2 Å². The van der Waals surface area contributed by atoms with E-state index in [1.807, 2.05) is 0 Å². The van der Waals surface area contributed by atoms with E-state index in [1.165, 1.54) is 4.90 Å². The summed E-state index contributed by atoms with van der Waals surface area (Å²) in [6, 6.07) is 7.20. The zero-order valence-corrected chi connectivity index (χ0v) is 16.3. The van der Waals surface area contributed by atoms with E-state index in [-0.39, 0.29) is 42.6 Å². The number of anilines is 1. The molecule has 0 unspecified atom stereocenters. The minimum absolute atomic E-state index is 0.0453. The fourth-order valence-corrected chi connectivity index (χ4v) is 4.16. The number of Topliss-reactive ketones (excluding diaryl/α,β-unsaturated/α-hetero) is 1. The third-order valence-corrected chi connectivity index (χ3v) is 5.86. The van der Waals surface area contributed by atoms with Crippen molar-refractivity contribution in [3.05, 3.63) is 58.1 Å². The molecule has 0 amide bonds. The van der Waals surface area contributed by atoms with Gasteiger partial charge in [0.25, 0.3) is 0 Å². The fraction of sp³-hybridized carbons (Fsp3) is 0.381. The zero-order valence-electron chi connectivity index (χ0n) is 15.5. The van der Waals surface area contributed by atoms with Crippen LogP contribution in [-0.2, 0) is 6.42 Å². The van der Waals surface area contributed by atoms with Crippen LogP contribution in [0.15, 0.2) is 30.3 Å². The molecule has 0 saturated carbocycles. The lowest BCUT2D eigenvalue weighted by molar-refractivity contribution is -0.109. The highest BCUT2D eigenvalue weighted by Crippen LogP contribution is 2.34. The van der Waals surface area contributed by atoms with Gasteiger partial charge in [-0.15, -0.1) is 0 Å². The molecular weight excluding hydrogens is 404 g/mol. The Morgan fingerprint density at radius 3 is 2.66 bits per heavy atom. The molecule has 154 valence electrons. The predicted molar refractivity (Wildman–Crippen MR) is 104 cm³/mol. The molecule has 1 aliphatic carbocycles. The van der Waals surface area contributed by atoms with E-state index >= 15 is 0 Å². The molecule has 8 heteroatoms. The van der Waals surface area contributed by atoms with Crippen LogP contribution in [0.25, 0.3) is 0 Å². The Bertz CT molecular complexity index is 947. The molecule has 2 aromatic carbocycles. The summed E-state index contributed by atoms with van der Waals surface area (Å²) in [4.78, 5) is 13.2. The summed E-state index contributed by atoms with van der Waals surface area (Å²) in [5, 5.41) is 21.3. The first-order valence-electron chi connectivity index (χ1n) is 9.36. The van der Waals surface area contributed by atoms with Crippen LogP contribution in [0.2, 0.25) is 5.02 Å². The molecule has 2 atom stereocenters. The quantitative estimate of drug-likeness (QED) is 0.790. The number of rotatable bonds is 4. The molecule has 29 heavy (non-hydrogen) atoms. The highest BCUT2D eigenvalue weighted by molar-refractivity contribution is 6.30. The van der Waals surface area contributed by atoms with Crippen LogP contribution in [0.1, 0.15) is 28.8 Å². The van der Waals surface area contributed by atoms with Gasteiger partial charge in [0.15, 0.2) is 17.4 Å². The number of carbonyl (C=O) groups excluding carboxylic acids is 1. The lowest BCUT2D eigenvalue weighted by Crippen LogP contribution is -2.58. The molecule has 0 aromatic heterocycles. The van der Waals surface area contributed by atoms with Gasteiger partial charge in [0, 0.05) is 35.7 Å². The van der Waals surface area contributed by atoms with Crippen LogP contribution in [0.3, 0.4) is 0 Å². The van der Waals surface area contributed by atoms with Crippen molar-refractivity contribution in [3.63, 3.8) is 0 Å². The zero-order chi connectivity index (χ0) is 20.8. The Labute approximate surface area is 171 Å². The molecule has 2 aliphatic rings. The van der Waals surface area contributed by atoms with Gasteiger partial charge in [-0.3, -0.25) is 4.79 Å². The van der Waals surface area contributed by atoms with E-state index in [9.17, 15) is 23.8 Å². The molecule has 1 heterocycles. The van der Waals surface area contributed by atoms with Gasteiger partial charge in [0.2, 0.25) is 0 Å². The first kappa shape index (κ1) is 20.1. The standard InChI is InChI=1S/C21H20ClF2NO4/c22-12-8-15(23)20(16(24)9-12)25-7-6-21(28,19(27)10-25)11-29-18-3-1-2-13-14(18)4-5-17(13)26/h1-3,8-9,19,27-28H,4-7,10-11H2/t19-,21-/m1/s1. The normalized spacial score (nSPS) is 24.0. The smallest absolute Gasteiger partial charge is 0.163 e. The molecule has 1 fully saturated rings. The largest absolute Gasteiger partial charge is 0.490 e. The third-order valence-electron chi connectivity index (χ3n) is 5.64. The number of benzene rings is 2. The van der Waals surface area contributed by atoms with Gasteiger partial charge < -0.3 is 19.8 Å². The highest BCUT2D eigenvalue weighted by atomic mass is 35.5. The minimum atomic E-state index is -1.58. The summed E-state index contributed by atoms with van der Waals surface area (Å²) in [6.45, 7) is -0.239. The van der Waals surface area contributed by atoms with Crippen molar-refractivity contribution in [2.24, 2.45) is 0 Å². The van der Waals surface area contributed by atoms with Gasteiger partial charge in [-0.05, 0) is 31.0 Å². The molecule has 5 nitrogen and oxygen atoms in total. The number of hydrogen-bond acceptors (Lipinski definition) is 5. The second-order valence-electron chi connectivity index (χ2n) is 7.53. The number of ether oxygens (including phenoxy) is 1. The van der Waals surface area contributed by atoms with Crippen molar-refractivity contribution in [1.82, 2.24) is 0 Å². The summed E-state index contributed by atoms with van der Waals surface area (Å²) < 4.78 is 34.1. The van der Waals surface area contributed by atoms with Gasteiger partial charge >= 0.3 is 0 Å². The van der Waals surface area contributed by atoms with E-state index in [2.05, 4.69) is 0 Å². The number of β-amino-alcohol motifs (C(OH)–C–C–N with tert-alkyl or cyclic N) is 1. The van der Waals surface area contributed by atoms with Crippen molar-refractivity contribution in [3.8, 4) is 5.75 Å². The van der Waals surface area contributed by atoms with Crippen LogP contribution in [0, 0.1) is 11.6 Å². The van der Waals surface area contributed by atoms with Crippen LogP contribution >= 0.6 is 11.6 Å². The highest BCUT2D eigenvalue weighted by Gasteiger charge is 2.42. The number of carbonyl (C=O) groups is 1. The van der Waals surface area contributed by atoms with E-state index in [0.717, 1.165) is 17.7 Å². The number of hydrogen-bond donors (Lipinski definition) is 2. The number of piperidine rings is 1. The van der Waals surface area contributed by atoms with Gasteiger partial charge in [-0.2, -0.15) is 0 Å². The number of fused-ring (bicyclic) bond motifs is 1. The van der Waals surface area contributed by atoms with Crippen LogP contribution in [0.4, 0.5) is 14.5 Å². The second kappa shape index (κ2) is 7.55. The molecule has 4 rings (SSSR count). The summed E-state index contributed by atoms with van der Waals surface area (Å²) in [6.07, 6.45) is -0.239. The average molecular weight is 424 g/mol. The Hall–Kier alpha value is -2.22. The summed E-state index contributed by atoms with van der Waals surface area (Å²) in [5.41, 5.74) is -0.436. The Balaban J connectivity index is 1.47. The average Bonchev–Trinajstić information content (AvgIpc) is 3.04. The second-order valence-corrected chi connectivity index (χ2v) is 7.96. The molecule has 2 N–H and O–H groups in total. The van der Waals surface area contributed by atoms with Crippen molar-refractivity contribution >= 4 is 23.1 Å². The first-order chi connectivity index (χ1) is 13.8. The van der Waals surface area contributed by atoms with Gasteiger partial charge in [-0.25, -0.2) is 8.78 Å². The lowest BCUT2D eigenvalue weighted by atomic mass is 9.89. The van der Waals surface area contributed by atoms with E-state index in [4.69, 9.17) is 16.3 Å². The molecule has 1 saturated heterocycles. The molecule has 2 aromatic rings. The first-order valence-corrected chi connectivity index (χ1v) is 9.74. The summed E-state index contributed by atoms with van der Waals surface area (Å²) in [7, 11) is 0. The number of ketones is 1. The summed E-state index contributed by atoms with van der Waals surface area (Å²) in [5.74, 6) is -1.09. The molecule has 0 spiro atoms. The van der Waals surface area contributed by atoms with Crippen LogP contribution in [0.5, 0.6) is 5.75 Å². The topological polar surface area (TPSA) is 70.0 Å². The SMILES string of the molecule is O=C1CCc2c(OC[C@]3(O)CCN(c4c(F)cc(Cl)cc4F)C[C@H]3O)cccc21. The monoisotopic (exact) mass is 423 g/mol. The van der Waals surface area contributed by atoms with Crippen LogP contribution in [-0.4, -0.2) is 47.4 Å². The maximum absolute atomic E-state index is 14.2. The van der Waals surface area contributed by atoms with Crippen molar-refractivity contribution in [2.45, 2.75) is 31.0 Å². The maximum Gasteiger partial charge on any atom is 0.163 e. The van der Waals surface area contributed by atoms with Gasteiger partial charge in [0.05, 0.1) is 0 Å². The van der Waals surface area contributed by atoms with Gasteiger partial charge in [-0.1, -0.05) is 23.7 Å². The maximum atomic E-state index is 14.2.